The topological polar surface area (TPSA) is 59.6 Å². The first-order valence-electron chi connectivity index (χ1n) is 7.45. The quantitative estimate of drug-likeness (QED) is 0.664. The summed E-state index contributed by atoms with van der Waals surface area (Å²) in [5.41, 5.74) is 6.97. The van der Waals surface area contributed by atoms with Gasteiger partial charge in [-0.2, -0.15) is 0 Å². The van der Waals surface area contributed by atoms with Crippen LogP contribution in [0.5, 0.6) is 0 Å². The molecule has 0 saturated heterocycles. The Labute approximate surface area is 124 Å². The van der Waals surface area contributed by atoms with Gasteiger partial charge in [-0.05, 0) is 36.8 Å². The molecule has 0 radical (unpaired) electrons. The Morgan fingerprint density at radius 2 is 2.35 bits per heavy atom. The Kier molecular flexibility index (Phi) is 3.98. The Morgan fingerprint density at radius 3 is 3.15 bits per heavy atom. The molecule has 1 aromatic rings. The van der Waals surface area contributed by atoms with E-state index in [9.17, 15) is 0 Å². The SMILES string of the molecule is CC1(CN=C(N)NC2CCCC2)OCCc2sccc21. The van der Waals surface area contributed by atoms with E-state index in [1.165, 1.54) is 36.1 Å². The molecule has 5 heteroatoms. The molecule has 20 heavy (non-hydrogen) atoms. The summed E-state index contributed by atoms with van der Waals surface area (Å²) < 4.78 is 5.99. The minimum absolute atomic E-state index is 0.324. The van der Waals surface area contributed by atoms with Crippen molar-refractivity contribution < 1.29 is 4.74 Å². The molecule has 4 nitrogen and oxygen atoms in total. The third-order valence-corrected chi connectivity index (χ3v) is 5.30. The molecule has 1 unspecified atom stereocenters. The molecule has 0 amide bonds. The highest BCUT2D eigenvalue weighted by atomic mass is 32.1. The molecule has 2 heterocycles. The molecule has 0 spiro atoms. The maximum atomic E-state index is 6.01. The molecular weight excluding hydrogens is 270 g/mol. The second kappa shape index (κ2) is 5.74. The third kappa shape index (κ3) is 2.83. The Balaban J connectivity index is 1.65. The molecule has 1 fully saturated rings. The summed E-state index contributed by atoms with van der Waals surface area (Å²) in [6.45, 7) is 3.47. The molecule has 1 aliphatic heterocycles. The monoisotopic (exact) mass is 293 g/mol. The minimum Gasteiger partial charge on any atom is -0.370 e. The van der Waals surface area contributed by atoms with Gasteiger partial charge >= 0.3 is 0 Å². The Hall–Kier alpha value is -1.07. The van der Waals surface area contributed by atoms with Gasteiger partial charge in [-0.1, -0.05) is 12.8 Å². The summed E-state index contributed by atoms with van der Waals surface area (Å²) in [4.78, 5) is 5.95. The standard InChI is InChI=1S/C15H23N3OS/c1-15(12-7-9-20-13(12)6-8-19-15)10-17-14(16)18-11-4-2-3-5-11/h7,9,11H,2-6,8,10H2,1H3,(H3,16,17,18). The van der Waals surface area contributed by atoms with Crippen LogP contribution in [0.25, 0.3) is 0 Å². The van der Waals surface area contributed by atoms with Gasteiger partial charge < -0.3 is 15.8 Å². The molecule has 1 aliphatic carbocycles. The lowest BCUT2D eigenvalue weighted by atomic mass is 9.93. The van der Waals surface area contributed by atoms with Crippen LogP contribution in [0.15, 0.2) is 16.4 Å². The van der Waals surface area contributed by atoms with Crippen molar-refractivity contribution in [1.29, 1.82) is 0 Å². The van der Waals surface area contributed by atoms with Gasteiger partial charge in [0.15, 0.2) is 5.96 Å². The van der Waals surface area contributed by atoms with Gasteiger partial charge in [0.05, 0.1) is 13.2 Å². The van der Waals surface area contributed by atoms with Gasteiger partial charge in [-0.15, -0.1) is 11.3 Å². The maximum Gasteiger partial charge on any atom is 0.188 e. The van der Waals surface area contributed by atoms with Crippen molar-refractivity contribution in [2.24, 2.45) is 10.7 Å². The van der Waals surface area contributed by atoms with Crippen molar-refractivity contribution in [3.63, 3.8) is 0 Å². The molecule has 0 aromatic carbocycles. The highest BCUT2D eigenvalue weighted by Gasteiger charge is 2.34. The zero-order valence-corrected chi connectivity index (χ0v) is 12.8. The van der Waals surface area contributed by atoms with Crippen molar-refractivity contribution in [2.75, 3.05) is 13.2 Å². The summed E-state index contributed by atoms with van der Waals surface area (Å²) in [5.74, 6) is 0.559. The fourth-order valence-electron chi connectivity index (χ4n) is 3.14. The summed E-state index contributed by atoms with van der Waals surface area (Å²) in [6, 6.07) is 2.67. The number of hydrogen-bond acceptors (Lipinski definition) is 3. The zero-order valence-electron chi connectivity index (χ0n) is 12.0. The van der Waals surface area contributed by atoms with E-state index in [-0.39, 0.29) is 5.60 Å². The summed E-state index contributed by atoms with van der Waals surface area (Å²) >= 11 is 1.81. The van der Waals surface area contributed by atoms with E-state index in [1.807, 2.05) is 11.3 Å². The van der Waals surface area contributed by atoms with E-state index >= 15 is 0 Å². The zero-order chi connectivity index (χ0) is 14.0. The van der Waals surface area contributed by atoms with Gasteiger partial charge in [-0.25, -0.2) is 0 Å². The largest absolute Gasteiger partial charge is 0.370 e. The van der Waals surface area contributed by atoms with Gasteiger partial charge in [0, 0.05) is 17.3 Å². The number of thiophene rings is 1. The lowest BCUT2D eigenvalue weighted by Gasteiger charge is -2.33. The van der Waals surface area contributed by atoms with Crippen LogP contribution in [-0.2, 0) is 16.8 Å². The van der Waals surface area contributed by atoms with Crippen LogP contribution < -0.4 is 11.1 Å². The van der Waals surface area contributed by atoms with E-state index in [4.69, 9.17) is 10.5 Å². The second-order valence-electron chi connectivity index (χ2n) is 5.91. The number of nitrogens with zero attached hydrogens (tertiary/aromatic N) is 1. The fourth-order valence-corrected chi connectivity index (χ4v) is 4.12. The molecule has 3 rings (SSSR count). The van der Waals surface area contributed by atoms with Gasteiger partial charge in [0.25, 0.3) is 0 Å². The summed E-state index contributed by atoms with van der Waals surface area (Å²) in [5, 5.41) is 5.47. The number of rotatable bonds is 3. The van der Waals surface area contributed by atoms with Crippen molar-refractivity contribution in [2.45, 2.75) is 50.7 Å². The highest BCUT2D eigenvalue weighted by molar-refractivity contribution is 7.10. The number of nitrogens with two attached hydrogens (primary N) is 1. The van der Waals surface area contributed by atoms with Crippen LogP contribution in [0, 0.1) is 0 Å². The number of ether oxygens (including phenoxy) is 1. The molecule has 1 atom stereocenters. The predicted octanol–water partition coefficient (Wildman–Crippen LogP) is 2.38. The van der Waals surface area contributed by atoms with E-state index in [2.05, 4.69) is 28.7 Å². The number of nitrogens with one attached hydrogen (secondary N) is 1. The minimum atomic E-state index is -0.324. The van der Waals surface area contributed by atoms with Crippen LogP contribution in [0.1, 0.15) is 43.0 Å². The lowest BCUT2D eigenvalue weighted by Crippen LogP contribution is -2.41. The third-order valence-electron chi connectivity index (χ3n) is 4.32. The van der Waals surface area contributed by atoms with Crippen molar-refractivity contribution in [3.05, 3.63) is 21.9 Å². The number of hydrogen-bond donors (Lipinski definition) is 2. The average Bonchev–Trinajstić information content (AvgIpc) is 3.08. The van der Waals surface area contributed by atoms with Crippen LogP contribution in [0.4, 0.5) is 0 Å². The van der Waals surface area contributed by atoms with Crippen molar-refractivity contribution in [3.8, 4) is 0 Å². The first kappa shape index (κ1) is 13.9. The number of fused-ring (bicyclic) bond motifs is 1. The van der Waals surface area contributed by atoms with Crippen molar-refractivity contribution >= 4 is 17.3 Å². The second-order valence-corrected chi connectivity index (χ2v) is 6.91. The molecule has 110 valence electrons. The molecule has 1 aromatic heterocycles. The molecule has 0 bridgehead atoms. The van der Waals surface area contributed by atoms with Crippen LogP contribution in [-0.4, -0.2) is 25.2 Å². The van der Waals surface area contributed by atoms with Gasteiger partial charge in [0.2, 0.25) is 0 Å². The highest BCUT2D eigenvalue weighted by Crippen LogP contribution is 2.36. The van der Waals surface area contributed by atoms with E-state index in [1.54, 1.807) is 0 Å². The smallest absolute Gasteiger partial charge is 0.188 e. The fraction of sp³-hybridized carbons (Fsp3) is 0.667. The molecular formula is C15H23N3OS. The van der Waals surface area contributed by atoms with E-state index < -0.39 is 0 Å². The average molecular weight is 293 g/mol. The molecule has 1 saturated carbocycles. The van der Waals surface area contributed by atoms with E-state index in [0.29, 0.717) is 18.5 Å². The van der Waals surface area contributed by atoms with Crippen LogP contribution in [0.3, 0.4) is 0 Å². The normalized spacial score (nSPS) is 27.6. The van der Waals surface area contributed by atoms with Crippen LogP contribution >= 0.6 is 11.3 Å². The van der Waals surface area contributed by atoms with Gasteiger partial charge in [-0.3, -0.25) is 4.99 Å². The Bertz CT molecular complexity index is 493. The van der Waals surface area contributed by atoms with Crippen molar-refractivity contribution in [1.82, 2.24) is 5.32 Å². The predicted molar refractivity (Wildman–Crippen MR) is 83.2 cm³/mol. The molecule has 3 N–H and O–H groups in total. The summed E-state index contributed by atoms with van der Waals surface area (Å²) in [6.07, 6.45) is 6.02. The number of aliphatic imine (C=N–C) groups is 1. The maximum absolute atomic E-state index is 6.01. The Morgan fingerprint density at radius 1 is 1.55 bits per heavy atom. The molecule has 2 aliphatic rings. The first-order chi connectivity index (χ1) is 9.67. The van der Waals surface area contributed by atoms with Crippen LogP contribution in [0.2, 0.25) is 0 Å². The van der Waals surface area contributed by atoms with Gasteiger partial charge in [0.1, 0.15) is 5.60 Å². The summed E-state index contributed by atoms with van der Waals surface area (Å²) in [7, 11) is 0. The lowest BCUT2D eigenvalue weighted by molar-refractivity contribution is -0.0375. The van der Waals surface area contributed by atoms with E-state index in [0.717, 1.165) is 13.0 Å². The number of guanidine groups is 1. The first-order valence-corrected chi connectivity index (χ1v) is 8.33.